The molecule has 6 heteroatoms. The third-order valence-corrected chi connectivity index (χ3v) is 3.24. The van der Waals surface area contributed by atoms with Gasteiger partial charge in [0.25, 0.3) is 0 Å². The van der Waals surface area contributed by atoms with Gasteiger partial charge in [-0.25, -0.2) is 4.98 Å². The largest absolute Gasteiger partial charge is 0.493 e. The Kier molecular flexibility index (Phi) is 4.87. The van der Waals surface area contributed by atoms with Crippen molar-refractivity contribution in [1.29, 1.82) is 0 Å². The first-order chi connectivity index (χ1) is 9.65. The summed E-state index contributed by atoms with van der Waals surface area (Å²) in [6.45, 7) is 2.99. The van der Waals surface area contributed by atoms with E-state index in [4.69, 9.17) is 25.5 Å². The number of nitrogens with zero attached hydrogens (tertiary/aromatic N) is 1. The third-order valence-electron chi connectivity index (χ3n) is 2.83. The van der Waals surface area contributed by atoms with E-state index in [9.17, 15) is 0 Å². The minimum Gasteiger partial charge on any atom is -0.493 e. The monoisotopic (exact) mass is 296 g/mol. The molecule has 0 saturated heterocycles. The lowest BCUT2D eigenvalue weighted by Gasteiger charge is -2.12. The Morgan fingerprint density at radius 2 is 2.05 bits per heavy atom. The average Bonchev–Trinajstić information content (AvgIpc) is 2.86. The molecule has 108 valence electrons. The van der Waals surface area contributed by atoms with E-state index in [1.165, 1.54) is 0 Å². The van der Waals surface area contributed by atoms with E-state index in [-0.39, 0.29) is 0 Å². The molecule has 5 nitrogen and oxygen atoms in total. The first-order valence-corrected chi connectivity index (χ1v) is 6.55. The summed E-state index contributed by atoms with van der Waals surface area (Å²) in [5.41, 5.74) is 0.924. The lowest BCUT2D eigenvalue weighted by atomic mass is 10.2. The van der Waals surface area contributed by atoms with Gasteiger partial charge in [-0.3, -0.25) is 0 Å². The maximum atomic E-state index is 6.29. The van der Waals surface area contributed by atoms with Gasteiger partial charge in [0.15, 0.2) is 11.5 Å². The van der Waals surface area contributed by atoms with Crippen LogP contribution in [-0.4, -0.2) is 19.2 Å². The molecule has 0 atom stereocenters. The van der Waals surface area contributed by atoms with Gasteiger partial charge in [0, 0.05) is 6.54 Å². The molecule has 0 aliphatic heterocycles. The zero-order valence-corrected chi connectivity index (χ0v) is 12.5. The van der Waals surface area contributed by atoms with E-state index in [2.05, 4.69) is 10.3 Å². The van der Waals surface area contributed by atoms with Crippen molar-refractivity contribution in [2.24, 2.45) is 0 Å². The average molecular weight is 297 g/mol. The highest BCUT2D eigenvalue weighted by Gasteiger charge is 2.12. The van der Waals surface area contributed by atoms with Crippen molar-refractivity contribution >= 4 is 11.6 Å². The first kappa shape index (κ1) is 14.7. The first-order valence-electron chi connectivity index (χ1n) is 6.17. The highest BCUT2D eigenvalue weighted by atomic mass is 35.5. The number of oxazole rings is 1. The van der Waals surface area contributed by atoms with Gasteiger partial charge in [-0.2, -0.15) is 0 Å². The Labute approximate surface area is 122 Å². The molecule has 0 unspecified atom stereocenters. The van der Waals surface area contributed by atoms with Crippen molar-refractivity contribution in [2.45, 2.75) is 20.0 Å². The fraction of sp³-hybridized carbons (Fsp3) is 0.357. The number of nitrogens with one attached hydrogen (secondary N) is 1. The molecule has 1 heterocycles. The number of aryl methyl sites for hydroxylation is 1. The second-order valence-corrected chi connectivity index (χ2v) is 4.62. The molecule has 1 aromatic carbocycles. The number of aromatic nitrogens is 1. The number of rotatable bonds is 6. The van der Waals surface area contributed by atoms with Crippen molar-refractivity contribution < 1.29 is 13.9 Å². The summed E-state index contributed by atoms with van der Waals surface area (Å²) in [7, 11) is 3.15. The Morgan fingerprint density at radius 3 is 2.65 bits per heavy atom. The van der Waals surface area contributed by atoms with Gasteiger partial charge in [-0.15, -0.1) is 0 Å². The number of hydrogen-bond acceptors (Lipinski definition) is 5. The van der Waals surface area contributed by atoms with Crippen LogP contribution in [0.4, 0.5) is 0 Å². The van der Waals surface area contributed by atoms with Crippen LogP contribution in [0.1, 0.15) is 17.2 Å². The van der Waals surface area contributed by atoms with Crippen LogP contribution in [0.25, 0.3) is 0 Å². The summed E-state index contributed by atoms with van der Waals surface area (Å²) in [4.78, 5) is 4.12. The predicted octanol–water partition coefficient (Wildman–Crippen LogP) is 2.94. The van der Waals surface area contributed by atoms with E-state index >= 15 is 0 Å². The van der Waals surface area contributed by atoms with E-state index in [1.54, 1.807) is 20.4 Å². The highest BCUT2D eigenvalue weighted by molar-refractivity contribution is 6.33. The summed E-state index contributed by atoms with van der Waals surface area (Å²) in [6, 6.07) is 3.73. The van der Waals surface area contributed by atoms with Crippen molar-refractivity contribution in [1.82, 2.24) is 10.3 Å². The second-order valence-electron chi connectivity index (χ2n) is 4.24. The quantitative estimate of drug-likeness (QED) is 0.888. The molecule has 1 N–H and O–H groups in total. The maximum absolute atomic E-state index is 6.29. The van der Waals surface area contributed by atoms with E-state index in [0.29, 0.717) is 35.5 Å². The van der Waals surface area contributed by atoms with Crippen LogP contribution in [-0.2, 0) is 13.1 Å². The Balaban J connectivity index is 2.02. The fourth-order valence-corrected chi connectivity index (χ4v) is 2.15. The Bertz CT molecular complexity index is 584. The molecule has 0 aliphatic rings. The van der Waals surface area contributed by atoms with Gasteiger partial charge in [0.05, 0.1) is 32.0 Å². The zero-order valence-electron chi connectivity index (χ0n) is 11.7. The number of methoxy groups -OCH3 is 2. The minimum absolute atomic E-state index is 0.540. The van der Waals surface area contributed by atoms with Gasteiger partial charge in [-0.1, -0.05) is 17.7 Å². The van der Waals surface area contributed by atoms with E-state index in [0.717, 1.165) is 11.3 Å². The summed E-state index contributed by atoms with van der Waals surface area (Å²) >= 11 is 6.29. The minimum atomic E-state index is 0.540. The molecule has 0 radical (unpaired) electrons. The summed E-state index contributed by atoms with van der Waals surface area (Å²) in [5.74, 6) is 2.61. The van der Waals surface area contributed by atoms with Crippen molar-refractivity contribution in [3.63, 3.8) is 0 Å². The van der Waals surface area contributed by atoms with Gasteiger partial charge >= 0.3 is 0 Å². The van der Waals surface area contributed by atoms with Gasteiger partial charge in [0.2, 0.25) is 5.89 Å². The molecule has 0 aliphatic carbocycles. The van der Waals surface area contributed by atoms with Crippen LogP contribution in [0, 0.1) is 6.92 Å². The van der Waals surface area contributed by atoms with Crippen LogP contribution in [0.3, 0.4) is 0 Å². The predicted molar refractivity (Wildman–Crippen MR) is 76.3 cm³/mol. The normalized spacial score (nSPS) is 10.6. The second kappa shape index (κ2) is 6.63. The van der Waals surface area contributed by atoms with Gasteiger partial charge in [0.1, 0.15) is 5.76 Å². The number of ether oxygens (including phenoxy) is 2. The Hall–Kier alpha value is -1.72. The lowest BCUT2D eigenvalue weighted by Crippen LogP contribution is -2.13. The molecular weight excluding hydrogens is 280 g/mol. The Morgan fingerprint density at radius 1 is 1.25 bits per heavy atom. The molecule has 2 aromatic rings. The zero-order chi connectivity index (χ0) is 14.5. The summed E-state index contributed by atoms with van der Waals surface area (Å²) in [6.07, 6.45) is 1.69. The van der Waals surface area contributed by atoms with Crippen LogP contribution in [0.5, 0.6) is 11.5 Å². The maximum Gasteiger partial charge on any atom is 0.208 e. The fourth-order valence-electron chi connectivity index (χ4n) is 1.85. The van der Waals surface area contributed by atoms with Crippen LogP contribution in [0.15, 0.2) is 22.7 Å². The van der Waals surface area contributed by atoms with Crippen molar-refractivity contribution in [3.05, 3.63) is 40.6 Å². The third kappa shape index (κ3) is 3.23. The molecule has 2 rings (SSSR count). The SMILES string of the molecule is COc1ccc(CNCc2ncc(C)o2)c(Cl)c1OC. The van der Waals surface area contributed by atoms with Crippen LogP contribution < -0.4 is 14.8 Å². The van der Waals surface area contributed by atoms with Crippen molar-refractivity contribution in [3.8, 4) is 11.5 Å². The topological polar surface area (TPSA) is 56.5 Å². The molecule has 1 aromatic heterocycles. The molecule has 0 spiro atoms. The number of benzene rings is 1. The lowest BCUT2D eigenvalue weighted by molar-refractivity contribution is 0.354. The molecule has 0 saturated carbocycles. The summed E-state index contributed by atoms with van der Waals surface area (Å²) in [5, 5.41) is 3.77. The van der Waals surface area contributed by atoms with E-state index < -0.39 is 0 Å². The number of halogens is 1. The number of hydrogen-bond donors (Lipinski definition) is 1. The molecule has 0 amide bonds. The van der Waals surface area contributed by atoms with Crippen LogP contribution in [0.2, 0.25) is 5.02 Å². The molecule has 0 bridgehead atoms. The highest BCUT2D eigenvalue weighted by Crippen LogP contribution is 2.37. The molecule has 0 fully saturated rings. The molecular formula is C14H17ClN2O3. The van der Waals surface area contributed by atoms with E-state index in [1.807, 2.05) is 19.1 Å². The van der Waals surface area contributed by atoms with Crippen LogP contribution >= 0.6 is 11.6 Å². The molecule has 20 heavy (non-hydrogen) atoms. The standard InChI is InChI=1S/C14H17ClN2O3/c1-9-6-17-12(20-9)8-16-7-10-4-5-11(18-2)14(19-3)13(10)15/h4-6,16H,7-8H2,1-3H3. The van der Waals surface area contributed by atoms with Gasteiger partial charge in [-0.05, 0) is 18.6 Å². The van der Waals surface area contributed by atoms with Crippen molar-refractivity contribution in [2.75, 3.05) is 14.2 Å². The van der Waals surface area contributed by atoms with Gasteiger partial charge < -0.3 is 19.2 Å². The smallest absolute Gasteiger partial charge is 0.208 e. The summed E-state index contributed by atoms with van der Waals surface area (Å²) < 4.78 is 15.8.